The second-order valence-electron chi connectivity index (χ2n) is 5.56. The van der Waals surface area contributed by atoms with Crippen molar-refractivity contribution in [1.29, 1.82) is 0 Å². The SMILES string of the molecule is CC(C)CC(C)OP(O)(=S)OC(C)CC(C)C. The van der Waals surface area contributed by atoms with Gasteiger partial charge in [-0.15, -0.1) is 0 Å². The first-order chi connectivity index (χ1) is 7.62. The van der Waals surface area contributed by atoms with E-state index in [1.54, 1.807) is 0 Å². The Morgan fingerprint density at radius 2 is 1.18 bits per heavy atom. The zero-order valence-electron chi connectivity index (χ0n) is 11.8. The van der Waals surface area contributed by atoms with E-state index in [0.29, 0.717) is 11.8 Å². The van der Waals surface area contributed by atoms with Crippen LogP contribution in [0.2, 0.25) is 0 Å². The molecular weight excluding hydrogens is 255 g/mol. The Morgan fingerprint density at radius 3 is 1.41 bits per heavy atom. The highest BCUT2D eigenvalue weighted by atomic mass is 32.5. The molecule has 0 aliphatic heterocycles. The van der Waals surface area contributed by atoms with E-state index in [-0.39, 0.29) is 12.2 Å². The summed E-state index contributed by atoms with van der Waals surface area (Å²) in [4.78, 5) is 9.96. The van der Waals surface area contributed by atoms with Crippen molar-refractivity contribution in [1.82, 2.24) is 0 Å². The highest BCUT2D eigenvalue weighted by Gasteiger charge is 2.23. The van der Waals surface area contributed by atoms with Crippen LogP contribution in [0.25, 0.3) is 0 Å². The molecule has 0 spiro atoms. The van der Waals surface area contributed by atoms with Gasteiger partial charge in [-0.05, 0) is 50.3 Å². The van der Waals surface area contributed by atoms with Gasteiger partial charge in [0.2, 0.25) is 0 Å². The maximum atomic E-state index is 9.96. The molecule has 1 N–H and O–H groups in total. The highest BCUT2D eigenvalue weighted by Crippen LogP contribution is 2.47. The maximum absolute atomic E-state index is 9.96. The average molecular weight is 282 g/mol. The zero-order chi connectivity index (χ0) is 13.6. The molecule has 0 bridgehead atoms. The Hall–Kier alpha value is 0.530. The molecule has 0 amide bonds. The van der Waals surface area contributed by atoms with Gasteiger partial charge in [0.15, 0.2) is 0 Å². The second-order valence-corrected chi connectivity index (χ2v) is 8.30. The number of rotatable bonds is 8. The molecule has 0 saturated carbocycles. The Kier molecular flexibility index (Phi) is 8.10. The van der Waals surface area contributed by atoms with Crippen LogP contribution in [0.5, 0.6) is 0 Å². The average Bonchev–Trinajstić information content (AvgIpc) is 1.95. The Balaban J connectivity index is 4.14. The minimum atomic E-state index is -3.08. The summed E-state index contributed by atoms with van der Waals surface area (Å²) in [5, 5.41) is 0. The molecule has 0 aliphatic carbocycles. The minimum Gasteiger partial charge on any atom is -0.324 e. The van der Waals surface area contributed by atoms with Crippen molar-refractivity contribution < 1.29 is 13.9 Å². The van der Waals surface area contributed by atoms with E-state index in [2.05, 4.69) is 27.7 Å². The molecule has 0 heterocycles. The fraction of sp³-hybridized carbons (Fsp3) is 1.00. The largest absolute Gasteiger partial charge is 0.325 e. The second kappa shape index (κ2) is 7.85. The van der Waals surface area contributed by atoms with Gasteiger partial charge in [0.25, 0.3) is 0 Å². The molecule has 0 aromatic heterocycles. The Bertz CT molecular complexity index is 234. The van der Waals surface area contributed by atoms with Gasteiger partial charge in [-0.3, -0.25) is 0 Å². The maximum Gasteiger partial charge on any atom is 0.325 e. The molecule has 0 aliphatic rings. The van der Waals surface area contributed by atoms with Gasteiger partial charge in [-0.2, -0.15) is 0 Å². The van der Waals surface area contributed by atoms with Gasteiger partial charge in [0.1, 0.15) is 0 Å². The van der Waals surface area contributed by atoms with E-state index in [1.807, 2.05) is 13.8 Å². The molecule has 5 heteroatoms. The molecular formula is C12H27O3PS. The first kappa shape index (κ1) is 17.5. The molecule has 17 heavy (non-hydrogen) atoms. The summed E-state index contributed by atoms with van der Waals surface area (Å²) in [5.41, 5.74) is 0. The predicted molar refractivity (Wildman–Crippen MR) is 76.5 cm³/mol. The normalized spacial score (nSPS) is 19.4. The van der Waals surface area contributed by atoms with Crippen molar-refractivity contribution in [2.24, 2.45) is 11.8 Å². The van der Waals surface area contributed by atoms with E-state index in [4.69, 9.17) is 20.9 Å². The summed E-state index contributed by atoms with van der Waals surface area (Å²) in [6, 6.07) is 0. The van der Waals surface area contributed by atoms with E-state index >= 15 is 0 Å². The first-order valence-corrected chi connectivity index (χ1v) is 8.91. The molecule has 0 aromatic carbocycles. The van der Waals surface area contributed by atoms with Gasteiger partial charge in [0.05, 0.1) is 12.2 Å². The van der Waals surface area contributed by atoms with Gasteiger partial charge in [0, 0.05) is 0 Å². The van der Waals surface area contributed by atoms with E-state index < -0.39 is 6.72 Å². The number of hydrogen-bond acceptors (Lipinski definition) is 3. The fourth-order valence-corrected chi connectivity index (χ4v) is 3.91. The molecule has 0 fully saturated rings. The molecule has 2 atom stereocenters. The first-order valence-electron chi connectivity index (χ1n) is 6.32. The van der Waals surface area contributed by atoms with Crippen LogP contribution in [0.4, 0.5) is 0 Å². The standard InChI is InChI=1S/C12H27O3PS/c1-9(2)7-11(5)14-16(13,17)15-12(6)8-10(3)4/h9-12H,7-8H2,1-6H3,(H,13,17). The summed E-state index contributed by atoms with van der Waals surface area (Å²) in [6.45, 7) is 9.22. The Labute approximate surface area is 111 Å². The lowest BCUT2D eigenvalue weighted by Gasteiger charge is -2.25. The molecule has 3 nitrogen and oxygen atoms in total. The monoisotopic (exact) mass is 282 g/mol. The van der Waals surface area contributed by atoms with Crippen LogP contribution < -0.4 is 0 Å². The zero-order valence-corrected chi connectivity index (χ0v) is 13.6. The van der Waals surface area contributed by atoms with Crippen molar-refractivity contribution in [3.63, 3.8) is 0 Å². The number of hydrogen-bond donors (Lipinski definition) is 1. The van der Waals surface area contributed by atoms with Gasteiger partial charge < -0.3 is 13.9 Å². The third-order valence-corrected chi connectivity index (χ3v) is 4.00. The van der Waals surface area contributed by atoms with Gasteiger partial charge in [-0.1, -0.05) is 27.7 Å². The van der Waals surface area contributed by atoms with Crippen molar-refractivity contribution >= 4 is 18.5 Å². The van der Waals surface area contributed by atoms with Crippen LogP contribution in [-0.4, -0.2) is 17.1 Å². The molecule has 2 unspecified atom stereocenters. The van der Waals surface area contributed by atoms with Crippen LogP contribution in [-0.2, 0) is 20.9 Å². The third-order valence-electron chi connectivity index (χ3n) is 2.23. The summed E-state index contributed by atoms with van der Waals surface area (Å²) in [5.74, 6) is 1.04. The lowest BCUT2D eigenvalue weighted by atomic mass is 10.1. The van der Waals surface area contributed by atoms with Crippen molar-refractivity contribution in [3.05, 3.63) is 0 Å². The van der Waals surface area contributed by atoms with E-state index in [1.165, 1.54) is 0 Å². The fourth-order valence-electron chi connectivity index (χ4n) is 1.89. The van der Waals surface area contributed by atoms with E-state index in [9.17, 15) is 4.89 Å². The molecule has 0 saturated heterocycles. The van der Waals surface area contributed by atoms with Gasteiger partial charge >= 0.3 is 6.72 Å². The molecule has 0 aromatic rings. The molecule has 0 rings (SSSR count). The third kappa shape index (κ3) is 10.2. The summed E-state index contributed by atoms with van der Waals surface area (Å²) in [7, 11) is 0. The van der Waals surface area contributed by atoms with Crippen LogP contribution in [0.15, 0.2) is 0 Å². The summed E-state index contributed by atoms with van der Waals surface area (Å²) >= 11 is 5.02. The molecule has 104 valence electrons. The Morgan fingerprint density at radius 1 is 0.882 bits per heavy atom. The predicted octanol–water partition coefficient (Wildman–Crippen LogP) is 4.11. The van der Waals surface area contributed by atoms with E-state index in [0.717, 1.165) is 12.8 Å². The van der Waals surface area contributed by atoms with Crippen LogP contribution in [0.3, 0.4) is 0 Å². The van der Waals surface area contributed by atoms with Crippen molar-refractivity contribution in [2.45, 2.75) is 66.6 Å². The molecule has 0 radical (unpaired) electrons. The van der Waals surface area contributed by atoms with Crippen molar-refractivity contribution in [3.8, 4) is 0 Å². The summed E-state index contributed by atoms with van der Waals surface area (Å²) < 4.78 is 10.9. The smallest absolute Gasteiger partial charge is 0.324 e. The minimum absolute atomic E-state index is 0.0583. The highest BCUT2D eigenvalue weighted by molar-refractivity contribution is 8.07. The lowest BCUT2D eigenvalue weighted by molar-refractivity contribution is 0.103. The van der Waals surface area contributed by atoms with Crippen LogP contribution >= 0.6 is 6.72 Å². The van der Waals surface area contributed by atoms with Crippen molar-refractivity contribution in [2.75, 3.05) is 0 Å². The van der Waals surface area contributed by atoms with Crippen LogP contribution in [0, 0.1) is 11.8 Å². The topological polar surface area (TPSA) is 38.7 Å². The summed E-state index contributed by atoms with van der Waals surface area (Å²) in [6.07, 6.45) is 1.64. The van der Waals surface area contributed by atoms with Crippen LogP contribution in [0.1, 0.15) is 54.4 Å². The van der Waals surface area contributed by atoms with Gasteiger partial charge in [-0.25, -0.2) is 0 Å². The quantitative estimate of drug-likeness (QED) is 0.680. The lowest BCUT2D eigenvalue weighted by Crippen LogP contribution is -2.15.